The summed E-state index contributed by atoms with van der Waals surface area (Å²) in [6.07, 6.45) is 3.64. The van der Waals surface area contributed by atoms with E-state index in [1.165, 1.54) is 29.7 Å². The summed E-state index contributed by atoms with van der Waals surface area (Å²) in [5, 5.41) is 0. The van der Waals surface area contributed by atoms with Gasteiger partial charge in [-0.15, -0.1) is 0 Å². The molecule has 2 unspecified atom stereocenters. The van der Waals surface area contributed by atoms with Crippen molar-refractivity contribution < 1.29 is 0 Å². The Hall–Kier alpha value is -1.02. The normalized spacial score (nSPS) is 23.7. The van der Waals surface area contributed by atoms with Gasteiger partial charge in [0.1, 0.15) is 0 Å². The molecule has 1 aromatic carbocycles. The Kier molecular flexibility index (Phi) is 3.91. The molecule has 0 saturated heterocycles. The van der Waals surface area contributed by atoms with Crippen molar-refractivity contribution in [2.45, 2.75) is 64.5 Å². The molecule has 0 bridgehead atoms. The molecule has 0 amide bonds. The summed E-state index contributed by atoms with van der Waals surface area (Å²) >= 11 is 0. The molecule has 1 saturated carbocycles. The van der Waals surface area contributed by atoms with Crippen molar-refractivity contribution in [1.82, 2.24) is 0 Å². The van der Waals surface area contributed by atoms with Crippen molar-refractivity contribution in [3.8, 4) is 0 Å². The Labute approximate surface area is 118 Å². The summed E-state index contributed by atoms with van der Waals surface area (Å²) in [5.74, 6) is 0. The van der Waals surface area contributed by atoms with E-state index in [-0.39, 0.29) is 5.41 Å². The molecule has 2 atom stereocenters. The molecule has 19 heavy (non-hydrogen) atoms. The van der Waals surface area contributed by atoms with E-state index in [0.29, 0.717) is 12.1 Å². The lowest BCUT2D eigenvalue weighted by atomic mass is 9.86. The molecule has 1 aliphatic carbocycles. The molecular weight excluding hydrogens is 232 g/mol. The van der Waals surface area contributed by atoms with Crippen LogP contribution in [0.15, 0.2) is 18.2 Å². The number of anilines is 1. The molecule has 2 heteroatoms. The maximum atomic E-state index is 6.25. The summed E-state index contributed by atoms with van der Waals surface area (Å²) in [7, 11) is 2.20. The van der Waals surface area contributed by atoms with Crippen LogP contribution in [-0.2, 0) is 5.41 Å². The van der Waals surface area contributed by atoms with E-state index in [1.807, 2.05) is 0 Å². The minimum atomic E-state index is 0.196. The topological polar surface area (TPSA) is 29.3 Å². The van der Waals surface area contributed by atoms with Crippen molar-refractivity contribution in [2.24, 2.45) is 5.73 Å². The van der Waals surface area contributed by atoms with Crippen LogP contribution < -0.4 is 10.6 Å². The molecule has 106 valence electrons. The fourth-order valence-electron chi connectivity index (χ4n) is 3.08. The average Bonchev–Trinajstić information content (AvgIpc) is 2.73. The van der Waals surface area contributed by atoms with Crippen molar-refractivity contribution >= 4 is 5.69 Å². The van der Waals surface area contributed by atoms with Crippen molar-refractivity contribution in [2.75, 3.05) is 11.9 Å². The third-order valence-electron chi connectivity index (χ3n) is 4.48. The summed E-state index contributed by atoms with van der Waals surface area (Å²) in [5.41, 5.74) is 10.5. The number of hydrogen-bond donors (Lipinski definition) is 1. The van der Waals surface area contributed by atoms with E-state index in [2.05, 4.69) is 57.8 Å². The van der Waals surface area contributed by atoms with E-state index in [9.17, 15) is 0 Å². The zero-order chi connectivity index (χ0) is 14.2. The maximum absolute atomic E-state index is 6.25. The van der Waals surface area contributed by atoms with Gasteiger partial charge in [0, 0.05) is 24.8 Å². The van der Waals surface area contributed by atoms with E-state index < -0.39 is 0 Å². The van der Waals surface area contributed by atoms with Crippen LogP contribution in [0.25, 0.3) is 0 Å². The second-order valence-electron chi connectivity index (χ2n) is 7.02. The van der Waals surface area contributed by atoms with Gasteiger partial charge in [-0.2, -0.15) is 0 Å². The van der Waals surface area contributed by atoms with E-state index in [0.717, 1.165) is 6.42 Å². The monoisotopic (exact) mass is 260 g/mol. The second-order valence-corrected chi connectivity index (χ2v) is 7.02. The Bertz CT molecular complexity index is 445. The number of rotatable bonds is 2. The highest BCUT2D eigenvalue weighted by atomic mass is 15.2. The molecule has 0 heterocycles. The molecule has 1 aromatic rings. The largest absolute Gasteiger partial charge is 0.370 e. The number of nitrogens with zero attached hydrogens (tertiary/aromatic N) is 1. The molecular formula is C17H28N2. The van der Waals surface area contributed by atoms with Crippen LogP contribution in [0.3, 0.4) is 0 Å². The van der Waals surface area contributed by atoms with E-state index in [4.69, 9.17) is 5.73 Å². The summed E-state index contributed by atoms with van der Waals surface area (Å²) in [6, 6.07) is 7.66. The first kappa shape index (κ1) is 14.4. The van der Waals surface area contributed by atoms with Gasteiger partial charge in [0.15, 0.2) is 0 Å². The number of likely N-dealkylation sites (N-methyl/N-ethyl adjacent to an activating group) is 1. The maximum Gasteiger partial charge on any atom is 0.0437 e. The van der Waals surface area contributed by atoms with Crippen molar-refractivity contribution in [1.29, 1.82) is 0 Å². The third-order valence-corrected chi connectivity index (χ3v) is 4.48. The van der Waals surface area contributed by atoms with Gasteiger partial charge in [-0.25, -0.2) is 0 Å². The van der Waals surface area contributed by atoms with E-state index >= 15 is 0 Å². The molecule has 0 spiro atoms. The van der Waals surface area contributed by atoms with Crippen LogP contribution >= 0.6 is 0 Å². The van der Waals surface area contributed by atoms with Crippen LogP contribution in [0.2, 0.25) is 0 Å². The van der Waals surface area contributed by atoms with Gasteiger partial charge in [-0.05, 0) is 48.8 Å². The molecule has 0 aliphatic heterocycles. The van der Waals surface area contributed by atoms with Gasteiger partial charge >= 0.3 is 0 Å². The predicted octanol–water partition coefficient (Wildman–Crippen LogP) is 3.61. The first-order valence-electron chi connectivity index (χ1n) is 7.40. The minimum absolute atomic E-state index is 0.196. The Morgan fingerprint density at radius 1 is 1.21 bits per heavy atom. The third kappa shape index (κ3) is 2.94. The van der Waals surface area contributed by atoms with Crippen LogP contribution in [-0.4, -0.2) is 19.1 Å². The number of nitrogens with two attached hydrogens (primary N) is 1. The lowest BCUT2D eigenvalue weighted by Crippen LogP contribution is -2.42. The minimum Gasteiger partial charge on any atom is -0.370 e. The fourth-order valence-corrected chi connectivity index (χ4v) is 3.08. The van der Waals surface area contributed by atoms with Crippen LogP contribution in [0.5, 0.6) is 0 Å². The van der Waals surface area contributed by atoms with Crippen LogP contribution in [0.4, 0.5) is 5.69 Å². The summed E-state index contributed by atoms with van der Waals surface area (Å²) in [4.78, 5) is 2.41. The summed E-state index contributed by atoms with van der Waals surface area (Å²) < 4.78 is 0. The highest BCUT2D eigenvalue weighted by molar-refractivity contribution is 5.56. The predicted molar refractivity (Wildman–Crippen MR) is 83.9 cm³/mol. The standard InChI is InChI=1S/C17H28N2/c1-12-9-10-13(17(2,3)4)11-16(12)19(5)15-8-6-7-14(15)18/h9-11,14-15H,6-8,18H2,1-5H3. The highest BCUT2D eigenvalue weighted by Gasteiger charge is 2.28. The molecule has 2 N–H and O–H groups in total. The smallest absolute Gasteiger partial charge is 0.0437 e. The number of hydrogen-bond acceptors (Lipinski definition) is 2. The summed E-state index contributed by atoms with van der Waals surface area (Å²) in [6.45, 7) is 8.99. The second kappa shape index (κ2) is 5.16. The van der Waals surface area contributed by atoms with Gasteiger partial charge in [0.05, 0.1) is 0 Å². The van der Waals surface area contributed by atoms with Gasteiger partial charge < -0.3 is 10.6 Å². The number of benzene rings is 1. The van der Waals surface area contributed by atoms with Gasteiger partial charge in [-0.1, -0.05) is 32.9 Å². The van der Waals surface area contributed by atoms with Gasteiger partial charge in [0.2, 0.25) is 0 Å². The zero-order valence-electron chi connectivity index (χ0n) is 13.0. The van der Waals surface area contributed by atoms with Crippen LogP contribution in [0, 0.1) is 6.92 Å². The Balaban J connectivity index is 2.33. The highest BCUT2D eigenvalue weighted by Crippen LogP contribution is 2.32. The van der Waals surface area contributed by atoms with Crippen molar-refractivity contribution in [3.05, 3.63) is 29.3 Å². The van der Waals surface area contributed by atoms with Crippen LogP contribution in [0.1, 0.15) is 51.2 Å². The number of aryl methyl sites for hydroxylation is 1. The van der Waals surface area contributed by atoms with E-state index in [1.54, 1.807) is 0 Å². The molecule has 2 rings (SSSR count). The quantitative estimate of drug-likeness (QED) is 0.880. The fraction of sp³-hybridized carbons (Fsp3) is 0.647. The van der Waals surface area contributed by atoms with Crippen molar-refractivity contribution in [3.63, 3.8) is 0 Å². The average molecular weight is 260 g/mol. The molecule has 0 radical (unpaired) electrons. The lowest BCUT2D eigenvalue weighted by Gasteiger charge is -2.32. The molecule has 1 fully saturated rings. The molecule has 2 nitrogen and oxygen atoms in total. The first-order valence-corrected chi connectivity index (χ1v) is 7.40. The Morgan fingerprint density at radius 2 is 1.89 bits per heavy atom. The Morgan fingerprint density at radius 3 is 2.42 bits per heavy atom. The SMILES string of the molecule is Cc1ccc(C(C)(C)C)cc1N(C)C1CCCC1N. The molecule has 1 aliphatic rings. The van der Waals surface area contributed by atoms with Gasteiger partial charge in [-0.3, -0.25) is 0 Å². The first-order chi connectivity index (χ1) is 8.80. The van der Waals surface area contributed by atoms with Gasteiger partial charge in [0.25, 0.3) is 0 Å². The lowest BCUT2D eigenvalue weighted by molar-refractivity contribution is 0.567. The zero-order valence-corrected chi connectivity index (χ0v) is 13.0. The molecule has 0 aromatic heterocycles.